The lowest BCUT2D eigenvalue weighted by atomic mass is 10.1. The highest BCUT2D eigenvalue weighted by molar-refractivity contribution is 9.10. The number of hydrogen-bond acceptors (Lipinski definition) is 2. The van der Waals surface area contributed by atoms with E-state index in [1.54, 1.807) is 18.2 Å². The number of rotatable bonds is 2. The second kappa shape index (κ2) is 3.58. The fraction of sp³-hybridized carbons (Fsp3) is 0.125. The minimum atomic E-state index is -0.875. The molecule has 1 aromatic rings. The van der Waals surface area contributed by atoms with Gasteiger partial charge < -0.3 is 10.8 Å². The smallest absolute Gasteiger partial charge is 0.307 e. The first-order chi connectivity index (χ1) is 5.61. The lowest BCUT2D eigenvalue weighted by molar-refractivity contribution is -0.136. The molecule has 0 aliphatic heterocycles. The number of halogens is 1. The Kier molecular flexibility index (Phi) is 2.70. The molecular weight excluding hydrogens is 222 g/mol. The molecule has 0 saturated heterocycles. The summed E-state index contributed by atoms with van der Waals surface area (Å²) in [5.41, 5.74) is 6.76. The van der Waals surface area contributed by atoms with Crippen molar-refractivity contribution in [2.75, 3.05) is 5.73 Å². The van der Waals surface area contributed by atoms with Gasteiger partial charge in [0, 0.05) is 10.2 Å². The average molecular weight is 230 g/mol. The molecule has 0 bridgehead atoms. The largest absolute Gasteiger partial charge is 0.481 e. The third-order valence-electron chi connectivity index (χ3n) is 1.48. The SMILES string of the molecule is Nc1c(Br)cccc1CC(=O)O. The van der Waals surface area contributed by atoms with E-state index in [9.17, 15) is 4.79 Å². The van der Waals surface area contributed by atoms with Crippen LogP contribution < -0.4 is 5.73 Å². The van der Waals surface area contributed by atoms with Crippen molar-refractivity contribution < 1.29 is 9.90 Å². The second-order valence-electron chi connectivity index (χ2n) is 2.38. The van der Waals surface area contributed by atoms with Crippen LogP contribution in [0.15, 0.2) is 22.7 Å². The summed E-state index contributed by atoms with van der Waals surface area (Å²) in [5.74, 6) is -0.875. The Bertz CT molecular complexity index is 312. The van der Waals surface area contributed by atoms with Crippen molar-refractivity contribution in [2.45, 2.75) is 6.42 Å². The van der Waals surface area contributed by atoms with Gasteiger partial charge in [0.25, 0.3) is 0 Å². The Morgan fingerprint density at radius 3 is 2.83 bits per heavy atom. The zero-order valence-electron chi connectivity index (χ0n) is 6.25. The molecule has 4 heteroatoms. The summed E-state index contributed by atoms with van der Waals surface area (Å²) >= 11 is 3.22. The molecule has 0 radical (unpaired) electrons. The number of para-hydroxylation sites is 1. The molecule has 0 heterocycles. The molecule has 0 spiro atoms. The van der Waals surface area contributed by atoms with Crippen LogP contribution in [0.5, 0.6) is 0 Å². The summed E-state index contributed by atoms with van der Waals surface area (Å²) in [7, 11) is 0. The number of aliphatic carboxylic acids is 1. The van der Waals surface area contributed by atoms with Gasteiger partial charge in [0.1, 0.15) is 0 Å². The Morgan fingerprint density at radius 1 is 1.58 bits per heavy atom. The van der Waals surface area contributed by atoms with E-state index in [1.165, 1.54) is 0 Å². The van der Waals surface area contributed by atoms with Crippen molar-refractivity contribution in [1.29, 1.82) is 0 Å². The molecule has 0 atom stereocenters. The normalized spacial score (nSPS) is 9.75. The van der Waals surface area contributed by atoms with Crippen LogP contribution in [-0.4, -0.2) is 11.1 Å². The van der Waals surface area contributed by atoms with Gasteiger partial charge in [-0.25, -0.2) is 0 Å². The zero-order valence-corrected chi connectivity index (χ0v) is 7.84. The number of nitrogen functional groups attached to an aromatic ring is 1. The zero-order chi connectivity index (χ0) is 9.14. The molecule has 0 aliphatic carbocycles. The quantitative estimate of drug-likeness (QED) is 0.759. The van der Waals surface area contributed by atoms with Crippen molar-refractivity contribution in [1.82, 2.24) is 0 Å². The molecule has 0 amide bonds. The monoisotopic (exact) mass is 229 g/mol. The molecule has 3 nitrogen and oxygen atoms in total. The molecule has 1 rings (SSSR count). The van der Waals surface area contributed by atoms with Gasteiger partial charge in [-0.15, -0.1) is 0 Å². The van der Waals surface area contributed by atoms with E-state index < -0.39 is 5.97 Å². The van der Waals surface area contributed by atoms with E-state index in [4.69, 9.17) is 10.8 Å². The number of carboxylic acid groups (broad SMARTS) is 1. The highest BCUT2D eigenvalue weighted by Crippen LogP contribution is 2.23. The molecule has 12 heavy (non-hydrogen) atoms. The van der Waals surface area contributed by atoms with Crippen LogP contribution in [0, 0.1) is 0 Å². The Labute approximate surface area is 78.3 Å². The van der Waals surface area contributed by atoms with Gasteiger partial charge in [-0.2, -0.15) is 0 Å². The van der Waals surface area contributed by atoms with Gasteiger partial charge in [-0.05, 0) is 27.6 Å². The third kappa shape index (κ3) is 1.98. The highest BCUT2D eigenvalue weighted by atomic mass is 79.9. The second-order valence-corrected chi connectivity index (χ2v) is 3.24. The van der Waals surface area contributed by atoms with Crippen LogP contribution in [0.25, 0.3) is 0 Å². The first kappa shape index (κ1) is 9.06. The van der Waals surface area contributed by atoms with E-state index in [0.29, 0.717) is 11.3 Å². The maximum atomic E-state index is 10.4. The van der Waals surface area contributed by atoms with Gasteiger partial charge in [-0.1, -0.05) is 12.1 Å². The van der Waals surface area contributed by atoms with Crippen LogP contribution in [-0.2, 0) is 11.2 Å². The first-order valence-corrected chi connectivity index (χ1v) is 4.15. The van der Waals surface area contributed by atoms with Crippen molar-refractivity contribution >= 4 is 27.6 Å². The van der Waals surface area contributed by atoms with Gasteiger partial charge in [0.15, 0.2) is 0 Å². The summed E-state index contributed by atoms with van der Waals surface area (Å²) in [4.78, 5) is 10.4. The third-order valence-corrected chi connectivity index (χ3v) is 2.18. The molecule has 64 valence electrons. The predicted octanol–water partition coefficient (Wildman–Crippen LogP) is 1.66. The number of benzene rings is 1. The van der Waals surface area contributed by atoms with E-state index in [2.05, 4.69) is 15.9 Å². The van der Waals surface area contributed by atoms with Gasteiger partial charge >= 0.3 is 5.97 Å². The summed E-state index contributed by atoms with van der Waals surface area (Å²) in [6, 6.07) is 5.24. The maximum Gasteiger partial charge on any atom is 0.307 e. The predicted molar refractivity (Wildman–Crippen MR) is 49.9 cm³/mol. The molecule has 3 N–H and O–H groups in total. The number of nitrogens with two attached hydrogens (primary N) is 1. The van der Waals surface area contributed by atoms with Crippen molar-refractivity contribution in [3.63, 3.8) is 0 Å². The number of carboxylic acids is 1. The summed E-state index contributed by atoms with van der Waals surface area (Å²) in [6.07, 6.45) is -0.0364. The van der Waals surface area contributed by atoms with Crippen molar-refractivity contribution in [2.24, 2.45) is 0 Å². The lowest BCUT2D eigenvalue weighted by Crippen LogP contribution is -2.03. The van der Waals surface area contributed by atoms with Crippen LogP contribution in [0.1, 0.15) is 5.56 Å². The van der Waals surface area contributed by atoms with E-state index >= 15 is 0 Å². The fourth-order valence-electron chi connectivity index (χ4n) is 0.899. The van der Waals surface area contributed by atoms with Gasteiger partial charge in [0.05, 0.1) is 6.42 Å². The molecular formula is C8H8BrNO2. The van der Waals surface area contributed by atoms with E-state index in [0.717, 1.165) is 4.47 Å². The van der Waals surface area contributed by atoms with Crippen molar-refractivity contribution in [3.05, 3.63) is 28.2 Å². The van der Waals surface area contributed by atoms with E-state index in [-0.39, 0.29) is 6.42 Å². The summed E-state index contributed by atoms with van der Waals surface area (Å²) < 4.78 is 0.737. The Balaban J connectivity index is 3.00. The highest BCUT2D eigenvalue weighted by Gasteiger charge is 2.05. The van der Waals surface area contributed by atoms with Gasteiger partial charge in [0.2, 0.25) is 0 Å². The average Bonchev–Trinajstić information content (AvgIpc) is 1.98. The van der Waals surface area contributed by atoms with Crippen LogP contribution in [0.4, 0.5) is 5.69 Å². The van der Waals surface area contributed by atoms with Crippen LogP contribution >= 0.6 is 15.9 Å². The maximum absolute atomic E-state index is 10.4. The molecule has 0 aromatic heterocycles. The molecule has 1 aromatic carbocycles. The first-order valence-electron chi connectivity index (χ1n) is 3.36. The number of carbonyl (C=O) groups is 1. The number of hydrogen-bond donors (Lipinski definition) is 2. The Hall–Kier alpha value is -1.03. The molecule has 0 aliphatic rings. The fourth-order valence-corrected chi connectivity index (χ4v) is 1.31. The Morgan fingerprint density at radius 2 is 2.25 bits per heavy atom. The summed E-state index contributed by atoms with van der Waals surface area (Å²) in [5, 5.41) is 8.51. The number of anilines is 1. The standard InChI is InChI=1S/C8H8BrNO2/c9-6-3-1-2-5(8(6)10)4-7(11)12/h1-3H,4,10H2,(H,11,12). The molecule has 0 fully saturated rings. The molecule has 0 unspecified atom stereocenters. The topological polar surface area (TPSA) is 63.3 Å². The van der Waals surface area contributed by atoms with Crippen LogP contribution in [0.3, 0.4) is 0 Å². The van der Waals surface area contributed by atoms with Crippen molar-refractivity contribution in [3.8, 4) is 0 Å². The summed E-state index contributed by atoms with van der Waals surface area (Å²) in [6.45, 7) is 0. The minimum Gasteiger partial charge on any atom is -0.481 e. The molecule has 0 saturated carbocycles. The minimum absolute atomic E-state index is 0.0364. The van der Waals surface area contributed by atoms with E-state index in [1.807, 2.05) is 0 Å². The van der Waals surface area contributed by atoms with Gasteiger partial charge in [-0.3, -0.25) is 4.79 Å². The van der Waals surface area contributed by atoms with Crippen LogP contribution in [0.2, 0.25) is 0 Å². The lowest BCUT2D eigenvalue weighted by Gasteiger charge is -2.03.